The molecule has 0 saturated carbocycles. The summed E-state index contributed by atoms with van der Waals surface area (Å²) >= 11 is 0. The van der Waals surface area contributed by atoms with Crippen molar-refractivity contribution in [1.82, 2.24) is 0 Å². The number of amides is 1. The Morgan fingerprint density at radius 1 is 1.24 bits per heavy atom. The molecule has 0 bridgehead atoms. The molecular formula is C14H20N2O5. The van der Waals surface area contributed by atoms with Gasteiger partial charge in [0.15, 0.2) is 6.04 Å². The van der Waals surface area contributed by atoms with Crippen molar-refractivity contribution in [2.24, 2.45) is 5.73 Å². The summed E-state index contributed by atoms with van der Waals surface area (Å²) in [4.78, 5) is 23.1. The average Bonchev–Trinajstić information content (AvgIpc) is 2.48. The molecule has 3 N–H and O–H groups in total. The minimum absolute atomic E-state index is 0.174. The molecule has 0 spiro atoms. The number of nitrogens with two attached hydrogens (primary N) is 1. The fourth-order valence-corrected chi connectivity index (χ4v) is 1.44. The summed E-state index contributed by atoms with van der Waals surface area (Å²) in [6.45, 7) is 2.75. The number of hydrogen-bond acceptors (Lipinski definition) is 6. The Kier molecular flexibility index (Phi) is 7.20. The largest absolute Gasteiger partial charge is 0.491 e. The highest BCUT2D eigenvalue weighted by atomic mass is 16.5. The standard InChI is InChI=1S/C14H20N2O5/c1-3-20-14(18)12(15)13(17)16-10-4-6-11(7-5-10)21-9-8-19-2/h4-7,12H,3,8-9,15H2,1-2H3,(H,16,17). The zero-order chi connectivity index (χ0) is 15.7. The van der Waals surface area contributed by atoms with Crippen LogP contribution in [0.15, 0.2) is 24.3 Å². The van der Waals surface area contributed by atoms with Gasteiger partial charge in [0, 0.05) is 12.8 Å². The average molecular weight is 296 g/mol. The summed E-state index contributed by atoms with van der Waals surface area (Å²) in [6.07, 6.45) is 0. The number of benzene rings is 1. The van der Waals surface area contributed by atoms with Crippen LogP contribution in [0.5, 0.6) is 5.75 Å². The van der Waals surface area contributed by atoms with Gasteiger partial charge in [-0.1, -0.05) is 0 Å². The Morgan fingerprint density at radius 3 is 2.48 bits per heavy atom. The minimum atomic E-state index is -1.34. The third kappa shape index (κ3) is 5.80. The van der Waals surface area contributed by atoms with Crippen LogP contribution >= 0.6 is 0 Å². The van der Waals surface area contributed by atoms with Gasteiger partial charge in [-0.2, -0.15) is 0 Å². The number of carbonyl (C=O) groups excluding carboxylic acids is 2. The van der Waals surface area contributed by atoms with E-state index >= 15 is 0 Å². The maximum atomic E-state index is 11.7. The molecule has 1 amide bonds. The SMILES string of the molecule is CCOC(=O)C(N)C(=O)Nc1ccc(OCCOC)cc1. The summed E-state index contributed by atoms with van der Waals surface area (Å²) in [5.41, 5.74) is 5.99. The fourth-order valence-electron chi connectivity index (χ4n) is 1.44. The van der Waals surface area contributed by atoms with Crippen molar-refractivity contribution < 1.29 is 23.8 Å². The zero-order valence-corrected chi connectivity index (χ0v) is 12.1. The Labute approximate surface area is 123 Å². The molecule has 116 valence electrons. The number of nitrogens with one attached hydrogen (secondary N) is 1. The molecule has 7 heteroatoms. The van der Waals surface area contributed by atoms with Crippen LogP contribution in [-0.2, 0) is 19.1 Å². The van der Waals surface area contributed by atoms with Gasteiger partial charge in [-0.15, -0.1) is 0 Å². The molecular weight excluding hydrogens is 276 g/mol. The third-order valence-corrected chi connectivity index (χ3v) is 2.50. The van der Waals surface area contributed by atoms with Gasteiger partial charge >= 0.3 is 5.97 Å². The molecule has 0 aliphatic carbocycles. The van der Waals surface area contributed by atoms with Gasteiger partial charge in [0.1, 0.15) is 12.4 Å². The lowest BCUT2D eigenvalue weighted by Crippen LogP contribution is -2.43. The Hall–Kier alpha value is -2.12. The summed E-state index contributed by atoms with van der Waals surface area (Å²) in [5.74, 6) is -0.726. The highest BCUT2D eigenvalue weighted by Crippen LogP contribution is 2.15. The van der Waals surface area contributed by atoms with Gasteiger partial charge in [-0.05, 0) is 31.2 Å². The maximum absolute atomic E-state index is 11.7. The monoisotopic (exact) mass is 296 g/mol. The van der Waals surface area contributed by atoms with Crippen LogP contribution in [0.1, 0.15) is 6.92 Å². The van der Waals surface area contributed by atoms with Gasteiger partial charge in [0.25, 0.3) is 5.91 Å². The summed E-state index contributed by atoms with van der Waals surface area (Å²) in [6, 6.07) is 5.35. The predicted octanol–water partition coefficient (Wildman–Crippen LogP) is 0.541. The van der Waals surface area contributed by atoms with E-state index in [1.165, 1.54) is 0 Å². The van der Waals surface area contributed by atoms with E-state index in [1.54, 1.807) is 38.3 Å². The van der Waals surface area contributed by atoms with Gasteiger partial charge in [-0.3, -0.25) is 4.79 Å². The predicted molar refractivity (Wildman–Crippen MR) is 77.1 cm³/mol. The van der Waals surface area contributed by atoms with E-state index < -0.39 is 17.9 Å². The van der Waals surface area contributed by atoms with Crippen LogP contribution < -0.4 is 15.8 Å². The molecule has 1 aromatic carbocycles. The second kappa shape index (κ2) is 8.93. The quantitative estimate of drug-likeness (QED) is 0.412. The lowest BCUT2D eigenvalue weighted by atomic mass is 10.2. The lowest BCUT2D eigenvalue weighted by Gasteiger charge is -2.11. The first-order valence-corrected chi connectivity index (χ1v) is 6.53. The van der Waals surface area contributed by atoms with E-state index in [-0.39, 0.29) is 6.61 Å². The Bertz CT molecular complexity index is 461. The van der Waals surface area contributed by atoms with Crippen LogP contribution in [-0.4, -0.2) is 44.8 Å². The molecule has 1 unspecified atom stereocenters. The van der Waals surface area contributed by atoms with E-state index in [9.17, 15) is 9.59 Å². The normalized spacial score (nSPS) is 11.6. The van der Waals surface area contributed by atoms with Gasteiger partial charge in [0.05, 0.1) is 13.2 Å². The number of carbonyl (C=O) groups is 2. The van der Waals surface area contributed by atoms with Crippen molar-refractivity contribution in [3.05, 3.63) is 24.3 Å². The fraction of sp³-hybridized carbons (Fsp3) is 0.429. The van der Waals surface area contributed by atoms with Crippen molar-refractivity contribution >= 4 is 17.6 Å². The first-order valence-electron chi connectivity index (χ1n) is 6.53. The molecule has 1 aromatic rings. The Morgan fingerprint density at radius 2 is 1.90 bits per heavy atom. The van der Waals surface area contributed by atoms with E-state index in [0.29, 0.717) is 24.7 Å². The van der Waals surface area contributed by atoms with Crippen LogP contribution in [0.4, 0.5) is 5.69 Å². The number of methoxy groups -OCH3 is 1. The molecule has 0 fully saturated rings. The van der Waals surface area contributed by atoms with E-state index in [1.807, 2.05) is 0 Å². The first-order chi connectivity index (χ1) is 10.1. The minimum Gasteiger partial charge on any atom is -0.491 e. The molecule has 0 radical (unpaired) electrons. The number of esters is 1. The molecule has 7 nitrogen and oxygen atoms in total. The number of hydrogen-bond donors (Lipinski definition) is 2. The lowest BCUT2D eigenvalue weighted by molar-refractivity contribution is -0.146. The molecule has 0 aromatic heterocycles. The van der Waals surface area contributed by atoms with E-state index in [4.69, 9.17) is 15.2 Å². The second-order valence-electron chi connectivity index (χ2n) is 4.08. The number of rotatable bonds is 8. The van der Waals surface area contributed by atoms with Crippen LogP contribution in [0.25, 0.3) is 0 Å². The highest BCUT2D eigenvalue weighted by molar-refractivity contribution is 6.08. The highest BCUT2D eigenvalue weighted by Gasteiger charge is 2.23. The Balaban J connectivity index is 2.51. The number of anilines is 1. The molecule has 0 aliphatic heterocycles. The van der Waals surface area contributed by atoms with Crippen LogP contribution in [0.2, 0.25) is 0 Å². The third-order valence-electron chi connectivity index (χ3n) is 2.50. The number of ether oxygens (including phenoxy) is 3. The smallest absolute Gasteiger partial charge is 0.332 e. The molecule has 1 atom stereocenters. The molecule has 1 rings (SSSR count). The van der Waals surface area contributed by atoms with Crippen molar-refractivity contribution in [2.75, 3.05) is 32.2 Å². The van der Waals surface area contributed by atoms with Gasteiger partial charge in [-0.25, -0.2) is 4.79 Å². The molecule has 0 saturated heterocycles. The molecule has 0 heterocycles. The maximum Gasteiger partial charge on any atom is 0.332 e. The van der Waals surface area contributed by atoms with Crippen molar-refractivity contribution in [3.8, 4) is 5.75 Å². The first kappa shape index (κ1) is 16.9. The summed E-state index contributed by atoms with van der Waals surface area (Å²) in [7, 11) is 1.59. The van der Waals surface area contributed by atoms with E-state index in [2.05, 4.69) is 10.1 Å². The van der Waals surface area contributed by atoms with Gasteiger partial charge in [0.2, 0.25) is 0 Å². The van der Waals surface area contributed by atoms with Crippen molar-refractivity contribution in [3.63, 3.8) is 0 Å². The summed E-state index contributed by atoms with van der Waals surface area (Å²) < 4.78 is 14.9. The topological polar surface area (TPSA) is 99.9 Å². The molecule has 21 heavy (non-hydrogen) atoms. The van der Waals surface area contributed by atoms with Gasteiger partial charge < -0.3 is 25.3 Å². The van der Waals surface area contributed by atoms with E-state index in [0.717, 1.165) is 0 Å². The van der Waals surface area contributed by atoms with Crippen LogP contribution in [0, 0.1) is 0 Å². The van der Waals surface area contributed by atoms with Crippen LogP contribution in [0.3, 0.4) is 0 Å². The van der Waals surface area contributed by atoms with Crippen molar-refractivity contribution in [2.45, 2.75) is 13.0 Å². The molecule has 0 aliphatic rings. The zero-order valence-electron chi connectivity index (χ0n) is 12.1. The summed E-state index contributed by atoms with van der Waals surface area (Å²) in [5, 5.41) is 2.53. The van der Waals surface area contributed by atoms with Crippen molar-refractivity contribution in [1.29, 1.82) is 0 Å². The second-order valence-corrected chi connectivity index (χ2v) is 4.08.